The highest BCUT2D eigenvalue weighted by molar-refractivity contribution is 9.10. The molecular formula is C13H14BrN3O. The van der Waals surface area contributed by atoms with Crippen LogP contribution in [0.1, 0.15) is 19.3 Å². The molecule has 4 nitrogen and oxygen atoms in total. The van der Waals surface area contributed by atoms with Crippen molar-refractivity contribution in [2.75, 3.05) is 5.32 Å². The van der Waals surface area contributed by atoms with Crippen LogP contribution in [0.2, 0.25) is 0 Å². The van der Waals surface area contributed by atoms with Gasteiger partial charge in [0.1, 0.15) is 11.0 Å². The summed E-state index contributed by atoms with van der Waals surface area (Å²) in [5, 5.41) is 7.38. The van der Waals surface area contributed by atoms with E-state index < -0.39 is 0 Å². The fourth-order valence-corrected chi connectivity index (χ4v) is 2.33. The number of rotatable bonds is 3. The molecule has 0 radical (unpaired) electrons. The van der Waals surface area contributed by atoms with E-state index in [0.29, 0.717) is 10.5 Å². The average molecular weight is 308 g/mol. The Morgan fingerprint density at radius 3 is 3.11 bits per heavy atom. The first-order valence-corrected chi connectivity index (χ1v) is 6.62. The highest BCUT2D eigenvalue weighted by atomic mass is 79.9. The SMILES string of the molecule is C#CCn1ncc(NC2CC=CCC2)c(Br)c1=O. The number of allylic oxidation sites excluding steroid dienone is 1. The van der Waals surface area contributed by atoms with Crippen molar-refractivity contribution in [2.45, 2.75) is 31.8 Å². The van der Waals surface area contributed by atoms with E-state index in [2.05, 4.69) is 44.4 Å². The van der Waals surface area contributed by atoms with Crippen LogP contribution in [-0.2, 0) is 6.54 Å². The third-order valence-electron chi connectivity index (χ3n) is 2.85. The lowest BCUT2D eigenvalue weighted by Gasteiger charge is -2.21. The number of anilines is 1. The van der Waals surface area contributed by atoms with Crippen molar-refractivity contribution in [3.8, 4) is 12.3 Å². The molecule has 2 rings (SSSR count). The largest absolute Gasteiger partial charge is 0.380 e. The molecule has 0 aliphatic heterocycles. The second-order valence-electron chi connectivity index (χ2n) is 4.16. The monoisotopic (exact) mass is 307 g/mol. The van der Waals surface area contributed by atoms with Gasteiger partial charge in [0.15, 0.2) is 0 Å². The van der Waals surface area contributed by atoms with E-state index in [1.807, 2.05) is 0 Å². The molecule has 0 fully saturated rings. The van der Waals surface area contributed by atoms with Crippen LogP contribution in [-0.4, -0.2) is 15.8 Å². The molecule has 0 aromatic carbocycles. The Morgan fingerprint density at radius 2 is 2.44 bits per heavy atom. The molecule has 1 aromatic heterocycles. The number of terminal acetylenes is 1. The van der Waals surface area contributed by atoms with Crippen molar-refractivity contribution in [3.05, 3.63) is 33.2 Å². The normalized spacial score (nSPS) is 18.3. The predicted molar refractivity (Wildman–Crippen MR) is 75.4 cm³/mol. The minimum absolute atomic E-state index is 0.184. The lowest BCUT2D eigenvalue weighted by molar-refractivity contribution is 0.633. The van der Waals surface area contributed by atoms with E-state index in [9.17, 15) is 4.79 Å². The fraction of sp³-hybridized carbons (Fsp3) is 0.385. The van der Waals surface area contributed by atoms with Crippen molar-refractivity contribution in [1.82, 2.24) is 9.78 Å². The molecule has 1 atom stereocenters. The van der Waals surface area contributed by atoms with E-state index in [0.717, 1.165) is 24.9 Å². The van der Waals surface area contributed by atoms with Crippen LogP contribution in [0.3, 0.4) is 0 Å². The summed E-state index contributed by atoms with van der Waals surface area (Å²) in [6.07, 6.45) is 14.3. The van der Waals surface area contributed by atoms with E-state index in [1.165, 1.54) is 4.68 Å². The highest BCUT2D eigenvalue weighted by Gasteiger charge is 2.13. The van der Waals surface area contributed by atoms with Crippen LogP contribution in [0, 0.1) is 12.3 Å². The van der Waals surface area contributed by atoms with Crippen LogP contribution in [0.5, 0.6) is 0 Å². The molecule has 1 aromatic rings. The van der Waals surface area contributed by atoms with Gasteiger partial charge in [-0.05, 0) is 35.2 Å². The van der Waals surface area contributed by atoms with Gasteiger partial charge in [-0.1, -0.05) is 18.1 Å². The van der Waals surface area contributed by atoms with Gasteiger partial charge in [0.2, 0.25) is 0 Å². The fourth-order valence-electron chi connectivity index (χ4n) is 1.91. The van der Waals surface area contributed by atoms with Gasteiger partial charge in [0, 0.05) is 6.04 Å². The molecule has 1 unspecified atom stereocenters. The van der Waals surface area contributed by atoms with Crippen LogP contribution in [0.4, 0.5) is 5.69 Å². The summed E-state index contributed by atoms with van der Waals surface area (Å²) in [6, 6.07) is 0.357. The Morgan fingerprint density at radius 1 is 1.61 bits per heavy atom. The maximum atomic E-state index is 11.9. The van der Waals surface area contributed by atoms with E-state index in [4.69, 9.17) is 6.42 Å². The standard InChI is InChI=1S/C13H14BrN3O/c1-2-8-17-13(18)12(14)11(9-15-17)16-10-6-4-3-5-7-10/h1,3-4,9-10,16H,5-8H2. The molecule has 0 saturated heterocycles. The summed E-state index contributed by atoms with van der Waals surface area (Å²) in [6.45, 7) is 0.184. The zero-order chi connectivity index (χ0) is 13.0. The highest BCUT2D eigenvalue weighted by Crippen LogP contribution is 2.21. The average Bonchev–Trinajstić information content (AvgIpc) is 2.40. The van der Waals surface area contributed by atoms with Crippen molar-refractivity contribution in [1.29, 1.82) is 0 Å². The first-order chi connectivity index (χ1) is 8.72. The van der Waals surface area contributed by atoms with Crippen molar-refractivity contribution < 1.29 is 0 Å². The summed E-state index contributed by atoms with van der Waals surface area (Å²) >= 11 is 3.31. The third-order valence-corrected chi connectivity index (χ3v) is 3.62. The zero-order valence-electron chi connectivity index (χ0n) is 9.90. The molecule has 94 valence electrons. The summed E-state index contributed by atoms with van der Waals surface area (Å²) in [5.74, 6) is 2.40. The van der Waals surface area contributed by atoms with Gasteiger partial charge in [-0.25, -0.2) is 4.68 Å². The van der Waals surface area contributed by atoms with Gasteiger partial charge in [-0.2, -0.15) is 5.10 Å². The number of nitrogens with zero attached hydrogens (tertiary/aromatic N) is 2. The number of hydrogen-bond donors (Lipinski definition) is 1. The molecule has 0 amide bonds. The predicted octanol–water partition coefficient (Wildman–Crippen LogP) is 2.16. The minimum atomic E-state index is -0.204. The van der Waals surface area contributed by atoms with Crippen LogP contribution < -0.4 is 10.9 Å². The third kappa shape index (κ3) is 2.82. The Bertz CT molecular complexity index is 556. The number of halogens is 1. The van der Waals surface area contributed by atoms with Gasteiger partial charge in [-0.15, -0.1) is 6.42 Å². The van der Waals surface area contributed by atoms with E-state index in [-0.39, 0.29) is 12.1 Å². The molecule has 18 heavy (non-hydrogen) atoms. The summed E-state index contributed by atoms with van der Waals surface area (Å²) < 4.78 is 1.75. The smallest absolute Gasteiger partial charge is 0.284 e. The van der Waals surface area contributed by atoms with Gasteiger partial charge in [-0.3, -0.25) is 4.79 Å². The summed E-state index contributed by atoms with van der Waals surface area (Å²) in [7, 11) is 0. The topological polar surface area (TPSA) is 46.9 Å². The van der Waals surface area contributed by atoms with Crippen LogP contribution in [0.25, 0.3) is 0 Å². The van der Waals surface area contributed by atoms with Gasteiger partial charge in [0.05, 0.1) is 11.9 Å². The lowest BCUT2D eigenvalue weighted by Crippen LogP contribution is -2.27. The van der Waals surface area contributed by atoms with Gasteiger partial charge < -0.3 is 5.32 Å². The first-order valence-electron chi connectivity index (χ1n) is 5.83. The maximum absolute atomic E-state index is 11.9. The molecule has 1 N–H and O–H groups in total. The molecule has 0 bridgehead atoms. The molecule has 0 saturated carbocycles. The molecular weight excluding hydrogens is 294 g/mol. The Hall–Kier alpha value is -1.54. The Kier molecular flexibility index (Phi) is 4.21. The van der Waals surface area contributed by atoms with Crippen molar-refractivity contribution >= 4 is 21.6 Å². The second-order valence-corrected chi connectivity index (χ2v) is 4.96. The van der Waals surface area contributed by atoms with Crippen molar-refractivity contribution in [2.24, 2.45) is 0 Å². The van der Waals surface area contributed by atoms with E-state index >= 15 is 0 Å². The van der Waals surface area contributed by atoms with E-state index in [1.54, 1.807) is 6.20 Å². The number of nitrogens with one attached hydrogen (secondary N) is 1. The maximum Gasteiger partial charge on any atom is 0.284 e. The molecule has 5 heteroatoms. The first kappa shape index (κ1) is 12.9. The molecule has 1 aliphatic rings. The second kappa shape index (κ2) is 5.87. The van der Waals surface area contributed by atoms with Crippen LogP contribution >= 0.6 is 15.9 Å². The molecule has 1 heterocycles. The zero-order valence-corrected chi connectivity index (χ0v) is 11.5. The number of hydrogen-bond acceptors (Lipinski definition) is 3. The van der Waals surface area contributed by atoms with Crippen LogP contribution in [0.15, 0.2) is 27.6 Å². The quantitative estimate of drug-likeness (QED) is 0.687. The Labute approximate surface area is 114 Å². The van der Waals surface area contributed by atoms with Crippen molar-refractivity contribution in [3.63, 3.8) is 0 Å². The molecule has 1 aliphatic carbocycles. The van der Waals surface area contributed by atoms with Gasteiger partial charge in [0.25, 0.3) is 5.56 Å². The number of aromatic nitrogens is 2. The van der Waals surface area contributed by atoms with Gasteiger partial charge >= 0.3 is 0 Å². The minimum Gasteiger partial charge on any atom is -0.380 e. The summed E-state index contributed by atoms with van der Waals surface area (Å²) in [4.78, 5) is 11.9. The summed E-state index contributed by atoms with van der Waals surface area (Å²) in [5.41, 5.74) is 0.526. The Balaban J connectivity index is 2.19. The lowest BCUT2D eigenvalue weighted by atomic mass is 10.0. The molecule has 0 spiro atoms.